The molecule has 0 bridgehead atoms. The van der Waals surface area contributed by atoms with Gasteiger partial charge in [0.05, 0.1) is 4.90 Å². The third-order valence-electron chi connectivity index (χ3n) is 4.95. The van der Waals surface area contributed by atoms with Gasteiger partial charge in [-0.25, -0.2) is 18.2 Å². The molecule has 2 aromatic rings. The molecule has 0 spiro atoms. The Morgan fingerprint density at radius 3 is 2.47 bits per heavy atom. The molecule has 1 fully saturated rings. The van der Waals surface area contributed by atoms with Crippen molar-refractivity contribution in [2.45, 2.75) is 36.1 Å². The summed E-state index contributed by atoms with van der Waals surface area (Å²) in [6, 6.07) is 9.18. The summed E-state index contributed by atoms with van der Waals surface area (Å²) in [6.07, 6.45) is 6.18. The van der Waals surface area contributed by atoms with Crippen molar-refractivity contribution in [3.8, 4) is 0 Å². The number of nitrogens with one attached hydrogen (secondary N) is 2. The second kappa shape index (κ2) is 10.1. The molecule has 9 heteroatoms. The molecule has 2 amide bonds. The van der Waals surface area contributed by atoms with E-state index in [1.807, 2.05) is 4.90 Å². The molecule has 0 radical (unpaired) electrons. The number of benzene rings is 1. The molecule has 1 aromatic carbocycles. The summed E-state index contributed by atoms with van der Waals surface area (Å²) in [5.41, 5.74) is 1.30. The van der Waals surface area contributed by atoms with Crippen molar-refractivity contribution in [1.29, 1.82) is 0 Å². The van der Waals surface area contributed by atoms with E-state index in [-0.39, 0.29) is 4.90 Å². The monoisotopic (exact) mass is 448 g/mol. The number of carbonyl (C=O) groups is 1. The van der Waals surface area contributed by atoms with Crippen molar-refractivity contribution in [1.82, 2.24) is 15.2 Å². The number of piperidine rings is 1. The summed E-state index contributed by atoms with van der Waals surface area (Å²) < 4.78 is 26.1. The number of anilines is 1. The standard InChI is InChI=1S/C21H25ClN4O3S/c1-2-20(26-12-4-3-5-13-26)30(28,29)18-9-7-17(8-10-18)25-21(27)24-15-16-6-11-19(22)23-14-16/h2,6-11,14,20H,1,3-5,12-13,15H2,(H2,24,25,27). The Bertz CT molecular complexity index is 972. The highest BCUT2D eigenvalue weighted by Crippen LogP contribution is 2.24. The Labute approximate surface area is 182 Å². The summed E-state index contributed by atoms with van der Waals surface area (Å²) in [7, 11) is -3.58. The van der Waals surface area contributed by atoms with E-state index >= 15 is 0 Å². The predicted molar refractivity (Wildman–Crippen MR) is 118 cm³/mol. The van der Waals surface area contributed by atoms with Gasteiger partial charge in [0.25, 0.3) is 0 Å². The van der Waals surface area contributed by atoms with E-state index in [1.165, 1.54) is 18.2 Å². The summed E-state index contributed by atoms with van der Waals surface area (Å²) in [5.74, 6) is 0. The lowest BCUT2D eigenvalue weighted by molar-refractivity contribution is 0.229. The fourth-order valence-corrected chi connectivity index (χ4v) is 5.14. The van der Waals surface area contributed by atoms with Crippen LogP contribution in [0.5, 0.6) is 0 Å². The van der Waals surface area contributed by atoms with Crippen LogP contribution in [0.2, 0.25) is 5.15 Å². The predicted octanol–water partition coefficient (Wildman–Crippen LogP) is 3.83. The smallest absolute Gasteiger partial charge is 0.319 e. The fourth-order valence-electron chi connectivity index (χ4n) is 3.38. The van der Waals surface area contributed by atoms with Crippen LogP contribution in [-0.4, -0.2) is 42.8 Å². The summed E-state index contributed by atoms with van der Waals surface area (Å²) in [5, 5.41) is 5.04. The Morgan fingerprint density at radius 1 is 1.17 bits per heavy atom. The number of nitrogens with zero attached hydrogens (tertiary/aromatic N) is 2. The number of aromatic nitrogens is 1. The highest BCUT2D eigenvalue weighted by atomic mass is 35.5. The lowest BCUT2D eigenvalue weighted by Crippen LogP contribution is -2.42. The zero-order valence-corrected chi connectivity index (χ0v) is 18.1. The van der Waals surface area contributed by atoms with Gasteiger partial charge in [0.2, 0.25) is 0 Å². The van der Waals surface area contributed by atoms with Crippen molar-refractivity contribution < 1.29 is 13.2 Å². The maximum atomic E-state index is 13.1. The number of likely N-dealkylation sites (tertiary alicyclic amines) is 1. The number of urea groups is 1. The number of hydrogen-bond donors (Lipinski definition) is 2. The van der Waals surface area contributed by atoms with Gasteiger partial charge in [0.15, 0.2) is 9.84 Å². The maximum Gasteiger partial charge on any atom is 0.319 e. The molecule has 1 aromatic heterocycles. The minimum absolute atomic E-state index is 0.205. The van der Waals surface area contributed by atoms with Crippen molar-refractivity contribution in [3.63, 3.8) is 0 Å². The van der Waals surface area contributed by atoms with Crippen LogP contribution in [0.25, 0.3) is 0 Å². The van der Waals surface area contributed by atoms with Crippen LogP contribution in [0.15, 0.2) is 60.1 Å². The largest absolute Gasteiger partial charge is 0.334 e. The number of sulfone groups is 1. The minimum Gasteiger partial charge on any atom is -0.334 e. The third kappa shape index (κ3) is 5.59. The van der Waals surface area contributed by atoms with Gasteiger partial charge in [-0.15, -0.1) is 6.58 Å². The molecule has 1 unspecified atom stereocenters. The number of halogens is 1. The van der Waals surface area contributed by atoms with Gasteiger partial charge in [-0.1, -0.05) is 30.2 Å². The second-order valence-corrected chi connectivity index (χ2v) is 9.52. The zero-order chi connectivity index (χ0) is 21.6. The molecule has 2 heterocycles. The van der Waals surface area contributed by atoms with Gasteiger partial charge < -0.3 is 10.6 Å². The highest BCUT2D eigenvalue weighted by molar-refractivity contribution is 7.92. The number of rotatable bonds is 7. The van der Waals surface area contributed by atoms with Crippen molar-refractivity contribution in [2.75, 3.05) is 18.4 Å². The fraction of sp³-hybridized carbons (Fsp3) is 0.333. The molecule has 30 heavy (non-hydrogen) atoms. The molecule has 1 aliphatic heterocycles. The van der Waals surface area contributed by atoms with Gasteiger partial charge in [0, 0.05) is 18.4 Å². The second-order valence-electron chi connectivity index (χ2n) is 7.09. The van der Waals surface area contributed by atoms with Crippen molar-refractivity contribution >= 4 is 33.2 Å². The van der Waals surface area contributed by atoms with Gasteiger partial charge in [-0.05, 0) is 61.8 Å². The lowest BCUT2D eigenvalue weighted by atomic mass is 10.1. The molecular weight excluding hydrogens is 424 g/mol. The quantitative estimate of drug-likeness (QED) is 0.496. The van der Waals surface area contributed by atoms with Gasteiger partial charge in [-0.2, -0.15) is 0 Å². The number of carbonyl (C=O) groups excluding carboxylic acids is 1. The van der Waals surface area contributed by atoms with E-state index in [1.54, 1.807) is 30.5 Å². The number of pyridine rings is 1. The van der Waals surface area contributed by atoms with E-state index in [9.17, 15) is 13.2 Å². The number of amides is 2. The molecule has 1 saturated heterocycles. The lowest BCUT2D eigenvalue weighted by Gasteiger charge is -2.32. The average molecular weight is 449 g/mol. The SMILES string of the molecule is C=CC(N1CCCCC1)S(=O)(=O)c1ccc(NC(=O)NCc2ccc(Cl)nc2)cc1. The zero-order valence-electron chi connectivity index (χ0n) is 16.6. The highest BCUT2D eigenvalue weighted by Gasteiger charge is 2.31. The number of hydrogen-bond acceptors (Lipinski definition) is 5. The Kier molecular flexibility index (Phi) is 7.47. The van der Waals surface area contributed by atoms with Crippen LogP contribution in [-0.2, 0) is 16.4 Å². The average Bonchev–Trinajstić information content (AvgIpc) is 2.75. The molecule has 1 atom stereocenters. The summed E-state index contributed by atoms with van der Waals surface area (Å²) in [4.78, 5) is 18.2. The molecule has 7 nitrogen and oxygen atoms in total. The Hall–Kier alpha value is -2.42. The first kappa shape index (κ1) is 22.3. The molecular formula is C21H25ClN4O3S. The minimum atomic E-state index is -3.58. The van der Waals surface area contributed by atoms with E-state index in [4.69, 9.17) is 11.6 Å². The Morgan fingerprint density at radius 2 is 1.87 bits per heavy atom. The van der Waals surface area contributed by atoms with Crippen LogP contribution in [0.1, 0.15) is 24.8 Å². The summed E-state index contributed by atoms with van der Waals surface area (Å²) >= 11 is 5.74. The van der Waals surface area contributed by atoms with Gasteiger partial charge in [-0.3, -0.25) is 4.90 Å². The van der Waals surface area contributed by atoms with Crippen molar-refractivity contribution in [2.24, 2.45) is 0 Å². The first-order valence-electron chi connectivity index (χ1n) is 9.76. The molecule has 1 aliphatic rings. The van der Waals surface area contributed by atoms with Crippen LogP contribution >= 0.6 is 11.6 Å². The first-order valence-corrected chi connectivity index (χ1v) is 11.7. The molecule has 3 rings (SSSR count). The van der Waals surface area contributed by atoms with Crippen LogP contribution < -0.4 is 10.6 Å². The molecule has 0 aliphatic carbocycles. The van der Waals surface area contributed by atoms with E-state index in [0.717, 1.165) is 37.9 Å². The van der Waals surface area contributed by atoms with Gasteiger partial charge >= 0.3 is 6.03 Å². The van der Waals surface area contributed by atoms with Crippen molar-refractivity contribution in [3.05, 3.63) is 66.0 Å². The summed E-state index contributed by atoms with van der Waals surface area (Å²) in [6.45, 7) is 5.53. The normalized spacial score (nSPS) is 15.9. The van der Waals surface area contributed by atoms with Crippen LogP contribution in [0.3, 0.4) is 0 Å². The first-order chi connectivity index (χ1) is 14.4. The molecule has 160 valence electrons. The topological polar surface area (TPSA) is 91.4 Å². The van der Waals surface area contributed by atoms with E-state index in [2.05, 4.69) is 22.2 Å². The van der Waals surface area contributed by atoms with Crippen LogP contribution in [0, 0.1) is 0 Å². The van der Waals surface area contributed by atoms with E-state index in [0.29, 0.717) is 17.4 Å². The molecule has 0 saturated carbocycles. The molecule has 2 N–H and O–H groups in total. The Balaban J connectivity index is 1.61. The van der Waals surface area contributed by atoms with E-state index < -0.39 is 21.2 Å². The maximum absolute atomic E-state index is 13.1. The van der Waals surface area contributed by atoms with Gasteiger partial charge in [0.1, 0.15) is 10.5 Å². The van der Waals surface area contributed by atoms with Crippen LogP contribution in [0.4, 0.5) is 10.5 Å². The third-order valence-corrected chi connectivity index (χ3v) is 7.23.